The predicted molar refractivity (Wildman–Crippen MR) is 110 cm³/mol. The van der Waals surface area contributed by atoms with Crippen molar-refractivity contribution in [3.8, 4) is 11.4 Å². The van der Waals surface area contributed by atoms with Gasteiger partial charge in [-0.1, -0.05) is 0 Å². The number of nitrogens with zero attached hydrogens (tertiary/aromatic N) is 4. The van der Waals surface area contributed by atoms with Gasteiger partial charge < -0.3 is 16.4 Å². The first-order chi connectivity index (χ1) is 14.5. The number of tetrazole rings is 1. The second-order valence-electron chi connectivity index (χ2n) is 7.24. The van der Waals surface area contributed by atoms with E-state index in [1.807, 2.05) is 0 Å². The highest BCUT2D eigenvalue weighted by molar-refractivity contribution is 7.92. The Labute approximate surface area is 178 Å². The molecule has 2 heterocycles. The third-order valence-corrected chi connectivity index (χ3v) is 7.64. The van der Waals surface area contributed by atoms with Crippen LogP contribution in [0.15, 0.2) is 21.9 Å². The molecule has 0 amide bonds. The molecule has 0 radical (unpaired) electrons. The molecule has 31 heavy (non-hydrogen) atoms. The van der Waals surface area contributed by atoms with E-state index in [4.69, 9.17) is 16.6 Å². The van der Waals surface area contributed by atoms with Crippen LogP contribution in [0.25, 0.3) is 11.4 Å². The minimum Gasteiger partial charge on any atom is -0.368 e. The Morgan fingerprint density at radius 3 is 2.61 bits per heavy atom. The van der Waals surface area contributed by atoms with Crippen molar-refractivity contribution in [1.82, 2.24) is 25.3 Å². The molecule has 3 atom stereocenters. The number of alkyl halides is 1. The summed E-state index contributed by atoms with van der Waals surface area (Å²) in [6.45, 7) is 1.66. The largest absolute Gasteiger partial charge is 0.368 e. The number of halogens is 1. The maximum atomic E-state index is 14.3. The first-order valence-electron chi connectivity index (χ1n) is 9.26. The van der Waals surface area contributed by atoms with Gasteiger partial charge in [-0.25, -0.2) is 31.1 Å². The van der Waals surface area contributed by atoms with E-state index in [1.165, 1.54) is 13.0 Å². The SMILES string of the molecule is CC(CN)NS(=O)(=O)c1ccc(N2CCC(N)C(F)C2)c(-c2nn[nH]n2)c1S(N)(=O)=O. The molecule has 8 N–H and O–H groups in total. The molecule has 1 aliphatic rings. The predicted octanol–water partition coefficient (Wildman–Crippen LogP) is -1.98. The monoisotopic (exact) mass is 477 g/mol. The summed E-state index contributed by atoms with van der Waals surface area (Å²) in [6, 6.07) is 1.10. The number of aromatic amines is 1. The summed E-state index contributed by atoms with van der Waals surface area (Å²) >= 11 is 0. The van der Waals surface area contributed by atoms with E-state index in [-0.39, 0.29) is 30.2 Å². The van der Waals surface area contributed by atoms with E-state index < -0.39 is 48.1 Å². The molecular weight excluding hydrogens is 453 g/mol. The van der Waals surface area contributed by atoms with Crippen LogP contribution in [0.1, 0.15) is 13.3 Å². The molecule has 3 unspecified atom stereocenters. The zero-order valence-electron chi connectivity index (χ0n) is 16.6. The minimum atomic E-state index is -4.62. The zero-order valence-corrected chi connectivity index (χ0v) is 18.2. The summed E-state index contributed by atoms with van der Waals surface area (Å²) in [5.74, 6) is -0.215. The fourth-order valence-electron chi connectivity index (χ4n) is 3.31. The number of rotatable bonds is 7. The number of nitrogens with one attached hydrogen (secondary N) is 2. The maximum absolute atomic E-state index is 14.3. The van der Waals surface area contributed by atoms with Crippen molar-refractivity contribution >= 4 is 25.7 Å². The lowest BCUT2D eigenvalue weighted by atomic mass is 10.0. The van der Waals surface area contributed by atoms with Crippen LogP contribution in [0.2, 0.25) is 0 Å². The molecule has 3 rings (SSSR count). The lowest BCUT2D eigenvalue weighted by Crippen LogP contribution is -2.49. The fraction of sp³-hybridized carbons (Fsp3) is 0.533. The third kappa shape index (κ3) is 4.83. The van der Waals surface area contributed by atoms with Gasteiger partial charge in [0.2, 0.25) is 25.9 Å². The number of sulfonamides is 2. The lowest BCUT2D eigenvalue weighted by molar-refractivity contribution is 0.251. The molecule has 0 aliphatic carbocycles. The highest BCUT2D eigenvalue weighted by Gasteiger charge is 2.35. The van der Waals surface area contributed by atoms with Gasteiger partial charge in [-0.2, -0.15) is 5.21 Å². The molecule has 0 bridgehead atoms. The average molecular weight is 478 g/mol. The first-order valence-corrected chi connectivity index (χ1v) is 12.3. The summed E-state index contributed by atoms with van der Waals surface area (Å²) < 4.78 is 67.6. The Hall–Kier alpha value is -2.24. The summed E-state index contributed by atoms with van der Waals surface area (Å²) in [4.78, 5) is 0.207. The topological polar surface area (TPSA) is 216 Å². The Morgan fingerprint density at radius 1 is 1.35 bits per heavy atom. The number of primary sulfonamides is 1. The van der Waals surface area contributed by atoms with Crippen molar-refractivity contribution < 1.29 is 21.2 Å². The van der Waals surface area contributed by atoms with E-state index in [0.29, 0.717) is 13.0 Å². The van der Waals surface area contributed by atoms with Crippen molar-refractivity contribution in [2.24, 2.45) is 16.6 Å². The van der Waals surface area contributed by atoms with E-state index in [9.17, 15) is 21.2 Å². The number of nitrogens with two attached hydrogens (primary N) is 3. The maximum Gasteiger partial charge on any atom is 0.242 e. The quantitative estimate of drug-likeness (QED) is 0.296. The second-order valence-corrected chi connectivity index (χ2v) is 10.4. The summed E-state index contributed by atoms with van der Waals surface area (Å²) in [7, 11) is -8.97. The van der Waals surface area contributed by atoms with Gasteiger partial charge in [0.15, 0.2) is 0 Å². The van der Waals surface area contributed by atoms with E-state index >= 15 is 0 Å². The van der Waals surface area contributed by atoms with Gasteiger partial charge in [0.25, 0.3) is 0 Å². The Bertz CT molecular complexity index is 1140. The molecule has 1 aromatic heterocycles. The molecule has 1 fully saturated rings. The van der Waals surface area contributed by atoms with E-state index in [0.717, 1.165) is 6.07 Å². The summed E-state index contributed by atoms with van der Waals surface area (Å²) in [5.41, 5.74) is 11.2. The van der Waals surface area contributed by atoms with Gasteiger partial charge in [0, 0.05) is 30.9 Å². The average Bonchev–Trinajstić information content (AvgIpc) is 3.22. The number of hydrogen-bond donors (Lipinski definition) is 5. The van der Waals surface area contributed by atoms with Crippen molar-refractivity contribution in [1.29, 1.82) is 0 Å². The molecule has 0 saturated carbocycles. The van der Waals surface area contributed by atoms with Crippen molar-refractivity contribution in [3.05, 3.63) is 12.1 Å². The van der Waals surface area contributed by atoms with E-state index in [2.05, 4.69) is 25.3 Å². The molecule has 2 aromatic rings. The van der Waals surface area contributed by atoms with Crippen LogP contribution in [0.4, 0.5) is 10.1 Å². The number of aromatic nitrogens is 4. The molecule has 1 aromatic carbocycles. The number of H-pyrrole nitrogens is 1. The standard InChI is InChI=1S/C15H24FN9O4S2/c1-8(6-17)22-31(28,29)12-3-2-11(25-5-4-10(18)9(16)7-25)13(14(12)30(19,26)27)15-20-23-24-21-15/h2-3,8-10,22H,4-7,17-18H2,1H3,(H2,19,26,27)(H,20,21,23,24). The van der Waals surface area contributed by atoms with Gasteiger partial charge in [-0.05, 0) is 30.7 Å². The highest BCUT2D eigenvalue weighted by Crippen LogP contribution is 2.39. The number of hydrogen-bond acceptors (Lipinski definition) is 10. The van der Waals surface area contributed by atoms with Crippen molar-refractivity contribution in [2.75, 3.05) is 24.5 Å². The van der Waals surface area contributed by atoms with Crippen LogP contribution >= 0.6 is 0 Å². The number of anilines is 1. The van der Waals surface area contributed by atoms with Crippen molar-refractivity contribution in [3.63, 3.8) is 0 Å². The molecule has 0 spiro atoms. The van der Waals surface area contributed by atoms with Gasteiger partial charge in [-0.3, -0.25) is 0 Å². The van der Waals surface area contributed by atoms with E-state index in [1.54, 1.807) is 4.90 Å². The van der Waals surface area contributed by atoms with Crippen molar-refractivity contribution in [2.45, 2.75) is 41.4 Å². The normalized spacial score (nSPS) is 21.3. The van der Waals surface area contributed by atoms with Crippen LogP contribution in [0.3, 0.4) is 0 Å². The molecular formula is C15H24FN9O4S2. The Kier molecular flexibility index (Phi) is 6.59. The first kappa shape index (κ1) is 23.4. The third-order valence-electron chi connectivity index (χ3n) is 4.88. The number of piperidine rings is 1. The molecule has 16 heteroatoms. The van der Waals surface area contributed by atoms with Crippen LogP contribution in [0.5, 0.6) is 0 Å². The van der Waals surface area contributed by atoms with Crippen LogP contribution in [-0.4, -0.2) is 75.3 Å². The van der Waals surface area contributed by atoms with Gasteiger partial charge in [-0.15, -0.1) is 10.2 Å². The zero-order chi connectivity index (χ0) is 23.0. The van der Waals surface area contributed by atoms with Gasteiger partial charge in [0.05, 0.1) is 12.1 Å². The minimum absolute atomic E-state index is 0.0222. The molecule has 172 valence electrons. The van der Waals surface area contributed by atoms with Crippen LogP contribution in [0, 0.1) is 0 Å². The summed E-state index contributed by atoms with van der Waals surface area (Å²) in [5, 5.41) is 18.6. The van der Waals surface area contributed by atoms with Gasteiger partial charge >= 0.3 is 0 Å². The fourth-order valence-corrected chi connectivity index (χ4v) is 6.17. The lowest BCUT2D eigenvalue weighted by Gasteiger charge is -2.35. The van der Waals surface area contributed by atoms with Crippen LogP contribution in [-0.2, 0) is 20.0 Å². The molecule has 1 aliphatic heterocycles. The van der Waals surface area contributed by atoms with Crippen LogP contribution < -0.4 is 26.2 Å². The summed E-state index contributed by atoms with van der Waals surface area (Å²) in [6.07, 6.45) is -1.08. The molecule has 1 saturated heterocycles. The second kappa shape index (κ2) is 8.71. The smallest absolute Gasteiger partial charge is 0.242 e. The molecule has 13 nitrogen and oxygen atoms in total. The Balaban J connectivity index is 2.29. The highest BCUT2D eigenvalue weighted by atomic mass is 32.2. The number of benzene rings is 1. The Morgan fingerprint density at radius 2 is 2.06 bits per heavy atom. The van der Waals surface area contributed by atoms with Gasteiger partial charge in [0.1, 0.15) is 16.0 Å².